The maximum absolute atomic E-state index is 13.5. The van der Waals surface area contributed by atoms with Gasteiger partial charge in [-0.1, -0.05) is 55.1 Å². The van der Waals surface area contributed by atoms with E-state index in [1.54, 1.807) is 24.6 Å². The molecular weight excluding hydrogens is 471 g/mol. The van der Waals surface area contributed by atoms with Gasteiger partial charge < -0.3 is 4.90 Å². The standard InChI is InChI=1S/C24H21ClFN3.C6H9N/c1-3-5-20(26)7-4-6-17-8-10-21-22(14-17)27-16(2)28-24(21)29-13-12-18-15-19(25)9-11-23(18)29;1-3-5-7-6-4-2/h3-5,7-11,14-15H,1,6,12-13H2,2H3;3-6H,1H2,2H3/b7-4-,20-5+;6-4-,7-5?. The molecule has 6 heteroatoms. The average Bonchev–Trinajstić information content (AvgIpc) is 3.27. The number of anilines is 2. The highest BCUT2D eigenvalue weighted by atomic mass is 35.5. The van der Waals surface area contributed by atoms with Crippen molar-refractivity contribution in [3.63, 3.8) is 0 Å². The molecule has 0 bridgehead atoms. The first-order valence-corrected chi connectivity index (χ1v) is 12.1. The second-order valence-electron chi connectivity index (χ2n) is 8.03. The van der Waals surface area contributed by atoms with E-state index in [4.69, 9.17) is 16.6 Å². The zero-order chi connectivity index (χ0) is 25.9. The van der Waals surface area contributed by atoms with E-state index in [1.807, 2.05) is 44.2 Å². The third-order valence-electron chi connectivity index (χ3n) is 5.38. The minimum atomic E-state index is -0.311. The fourth-order valence-electron chi connectivity index (χ4n) is 3.87. The number of benzene rings is 2. The van der Waals surface area contributed by atoms with E-state index >= 15 is 0 Å². The van der Waals surface area contributed by atoms with Crippen LogP contribution >= 0.6 is 11.6 Å². The molecule has 0 fully saturated rings. The highest BCUT2D eigenvalue weighted by molar-refractivity contribution is 6.30. The van der Waals surface area contributed by atoms with Gasteiger partial charge in [0.2, 0.25) is 0 Å². The summed E-state index contributed by atoms with van der Waals surface area (Å²) in [6.07, 6.45) is 14.4. The Morgan fingerprint density at radius 3 is 2.75 bits per heavy atom. The summed E-state index contributed by atoms with van der Waals surface area (Å²) in [5, 5.41) is 1.76. The van der Waals surface area contributed by atoms with Crippen LogP contribution in [0.15, 0.2) is 103 Å². The molecule has 4 rings (SSSR count). The third kappa shape index (κ3) is 7.09. The van der Waals surface area contributed by atoms with Crippen molar-refractivity contribution in [2.75, 3.05) is 11.4 Å². The first-order chi connectivity index (χ1) is 17.5. The van der Waals surface area contributed by atoms with Gasteiger partial charge in [0.1, 0.15) is 17.5 Å². The molecule has 36 heavy (non-hydrogen) atoms. The molecule has 0 amide bonds. The Morgan fingerprint density at radius 2 is 2.00 bits per heavy atom. The molecule has 1 aromatic heterocycles. The Hall–Kier alpha value is -3.83. The number of rotatable bonds is 7. The molecule has 1 aliphatic rings. The summed E-state index contributed by atoms with van der Waals surface area (Å²) in [6, 6.07) is 12.1. The smallest absolute Gasteiger partial charge is 0.144 e. The summed E-state index contributed by atoms with van der Waals surface area (Å²) in [6.45, 7) is 11.6. The highest BCUT2D eigenvalue weighted by Crippen LogP contribution is 2.38. The van der Waals surface area contributed by atoms with Crippen LogP contribution in [0.25, 0.3) is 10.9 Å². The van der Waals surface area contributed by atoms with Crippen LogP contribution in [0.3, 0.4) is 0 Å². The maximum atomic E-state index is 13.5. The van der Waals surface area contributed by atoms with Crippen molar-refractivity contribution >= 4 is 40.2 Å². The lowest BCUT2D eigenvalue weighted by atomic mass is 10.1. The molecule has 2 aromatic carbocycles. The Kier molecular flexibility index (Phi) is 9.90. The predicted molar refractivity (Wildman–Crippen MR) is 152 cm³/mol. The average molecular weight is 501 g/mol. The highest BCUT2D eigenvalue weighted by Gasteiger charge is 2.23. The maximum Gasteiger partial charge on any atom is 0.144 e. The van der Waals surface area contributed by atoms with Gasteiger partial charge in [0.25, 0.3) is 0 Å². The SMILES string of the molecule is C=C/C=C(F)\C=C/Cc1ccc2c(N3CCc4cc(Cl)ccc43)nc(C)nc2c1.C=CC=N/C=C\C. The number of allylic oxidation sites excluding steroid dienone is 7. The quantitative estimate of drug-likeness (QED) is 0.242. The summed E-state index contributed by atoms with van der Waals surface area (Å²) in [5.74, 6) is 1.33. The van der Waals surface area contributed by atoms with Crippen LogP contribution in [-0.4, -0.2) is 22.7 Å². The molecule has 0 N–H and O–H groups in total. The van der Waals surface area contributed by atoms with Gasteiger partial charge in [-0.15, -0.1) is 0 Å². The monoisotopic (exact) mass is 500 g/mol. The van der Waals surface area contributed by atoms with Crippen molar-refractivity contribution < 1.29 is 4.39 Å². The van der Waals surface area contributed by atoms with Crippen molar-refractivity contribution in [3.8, 4) is 0 Å². The molecule has 0 aliphatic carbocycles. The number of aromatic nitrogens is 2. The molecule has 0 saturated heterocycles. The molecule has 4 nitrogen and oxygen atoms in total. The molecule has 1 aliphatic heterocycles. The van der Waals surface area contributed by atoms with Gasteiger partial charge in [-0.25, -0.2) is 14.4 Å². The van der Waals surface area contributed by atoms with E-state index < -0.39 is 0 Å². The van der Waals surface area contributed by atoms with E-state index in [0.717, 1.165) is 51.8 Å². The first kappa shape index (κ1) is 26.8. The second kappa shape index (κ2) is 13.3. The number of halogens is 2. The van der Waals surface area contributed by atoms with E-state index in [-0.39, 0.29) is 5.83 Å². The summed E-state index contributed by atoms with van der Waals surface area (Å²) >= 11 is 6.15. The molecule has 0 radical (unpaired) electrons. The third-order valence-corrected chi connectivity index (χ3v) is 5.62. The fourth-order valence-corrected chi connectivity index (χ4v) is 4.06. The predicted octanol–water partition coefficient (Wildman–Crippen LogP) is 8.20. The molecule has 3 aromatic rings. The van der Waals surface area contributed by atoms with Crippen molar-refractivity contribution in [3.05, 3.63) is 120 Å². The lowest BCUT2D eigenvalue weighted by Gasteiger charge is -2.21. The Balaban J connectivity index is 0.000000454. The lowest BCUT2D eigenvalue weighted by Crippen LogP contribution is -2.16. The molecule has 0 unspecified atom stereocenters. The molecular formula is C30H30ClFN4. The Bertz CT molecular complexity index is 1350. The van der Waals surface area contributed by atoms with E-state index in [9.17, 15) is 4.39 Å². The molecule has 2 heterocycles. The van der Waals surface area contributed by atoms with Crippen molar-refractivity contribution in [1.29, 1.82) is 0 Å². The van der Waals surface area contributed by atoms with Gasteiger partial charge >= 0.3 is 0 Å². The van der Waals surface area contributed by atoms with Gasteiger partial charge in [0.15, 0.2) is 0 Å². The number of aliphatic imine (C=N–C) groups is 1. The van der Waals surface area contributed by atoms with E-state index in [2.05, 4.69) is 40.2 Å². The van der Waals surface area contributed by atoms with Gasteiger partial charge in [0, 0.05) is 35.1 Å². The van der Waals surface area contributed by atoms with Gasteiger partial charge in [-0.3, -0.25) is 4.99 Å². The Labute approximate surface area is 217 Å². The van der Waals surface area contributed by atoms with Crippen LogP contribution in [0, 0.1) is 6.92 Å². The summed E-state index contributed by atoms with van der Waals surface area (Å²) in [5.41, 5.74) is 4.34. The number of hydrogen-bond donors (Lipinski definition) is 0. The number of fused-ring (bicyclic) bond motifs is 2. The molecule has 0 atom stereocenters. The van der Waals surface area contributed by atoms with Crippen LogP contribution in [-0.2, 0) is 12.8 Å². The number of hydrogen-bond acceptors (Lipinski definition) is 4. The zero-order valence-corrected chi connectivity index (χ0v) is 21.4. The number of nitrogens with zero attached hydrogens (tertiary/aromatic N) is 4. The summed E-state index contributed by atoms with van der Waals surface area (Å²) in [7, 11) is 0. The van der Waals surface area contributed by atoms with Crippen molar-refractivity contribution in [2.45, 2.75) is 26.7 Å². The van der Waals surface area contributed by atoms with Crippen LogP contribution in [0.4, 0.5) is 15.9 Å². The molecule has 0 spiro atoms. The van der Waals surface area contributed by atoms with Crippen LogP contribution < -0.4 is 4.90 Å². The Morgan fingerprint density at radius 1 is 1.17 bits per heavy atom. The first-order valence-electron chi connectivity index (χ1n) is 11.7. The summed E-state index contributed by atoms with van der Waals surface area (Å²) < 4.78 is 13.5. The summed E-state index contributed by atoms with van der Waals surface area (Å²) in [4.78, 5) is 15.4. The normalized spacial score (nSPS) is 13.4. The fraction of sp³-hybridized carbons (Fsp3) is 0.167. The number of aryl methyl sites for hydroxylation is 1. The van der Waals surface area contributed by atoms with E-state index in [1.165, 1.54) is 23.8 Å². The topological polar surface area (TPSA) is 41.4 Å². The van der Waals surface area contributed by atoms with Crippen LogP contribution in [0.2, 0.25) is 5.02 Å². The van der Waals surface area contributed by atoms with Gasteiger partial charge in [-0.2, -0.15) is 0 Å². The van der Waals surface area contributed by atoms with Gasteiger partial charge in [-0.05, 0) is 80.3 Å². The van der Waals surface area contributed by atoms with E-state index in [0.29, 0.717) is 6.42 Å². The van der Waals surface area contributed by atoms with Gasteiger partial charge in [0.05, 0.1) is 5.52 Å². The van der Waals surface area contributed by atoms with Crippen LogP contribution in [0.5, 0.6) is 0 Å². The molecule has 0 saturated carbocycles. The molecule has 184 valence electrons. The largest absolute Gasteiger partial charge is 0.325 e. The van der Waals surface area contributed by atoms with Crippen LogP contribution in [0.1, 0.15) is 23.9 Å². The zero-order valence-electron chi connectivity index (χ0n) is 20.7. The van der Waals surface area contributed by atoms with Crippen molar-refractivity contribution in [1.82, 2.24) is 9.97 Å². The second-order valence-corrected chi connectivity index (χ2v) is 8.47. The minimum Gasteiger partial charge on any atom is -0.325 e. The van der Waals surface area contributed by atoms with Crippen molar-refractivity contribution in [2.24, 2.45) is 4.99 Å². The lowest BCUT2D eigenvalue weighted by molar-refractivity contribution is 0.666. The minimum absolute atomic E-state index is 0.311.